The predicted octanol–water partition coefficient (Wildman–Crippen LogP) is 3.84. The SMILES string of the molecule is C[C@@H](Oc1ccc(Cl)cc1)C(=O)CC1=NCCc2cc3c(cc21)OCO3. The molecule has 1 atom stereocenters. The Bertz CT molecular complexity index is 876. The molecule has 0 unspecified atom stereocenters. The summed E-state index contributed by atoms with van der Waals surface area (Å²) in [4.78, 5) is 17.2. The Labute approximate surface area is 156 Å². The van der Waals surface area contributed by atoms with Gasteiger partial charge in [-0.3, -0.25) is 9.79 Å². The summed E-state index contributed by atoms with van der Waals surface area (Å²) in [7, 11) is 0. The normalized spacial score (nSPS) is 15.8. The van der Waals surface area contributed by atoms with Crippen molar-refractivity contribution in [3.8, 4) is 17.2 Å². The van der Waals surface area contributed by atoms with Crippen LogP contribution >= 0.6 is 11.6 Å². The summed E-state index contributed by atoms with van der Waals surface area (Å²) in [6.45, 7) is 2.65. The van der Waals surface area contributed by atoms with E-state index in [9.17, 15) is 4.79 Å². The molecule has 0 spiro atoms. The van der Waals surface area contributed by atoms with E-state index in [1.807, 2.05) is 12.1 Å². The van der Waals surface area contributed by atoms with Gasteiger partial charge in [-0.05, 0) is 55.3 Å². The lowest BCUT2D eigenvalue weighted by atomic mass is 9.93. The number of ketones is 1. The molecule has 2 aliphatic rings. The zero-order valence-corrected chi connectivity index (χ0v) is 15.1. The van der Waals surface area contributed by atoms with Crippen molar-refractivity contribution >= 4 is 23.1 Å². The molecule has 6 heteroatoms. The minimum atomic E-state index is -0.571. The van der Waals surface area contributed by atoms with Gasteiger partial charge in [0, 0.05) is 22.8 Å². The van der Waals surface area contributed by atoms with E-state index in [1.54, 1.807) is 31.2 Å². The molecule has 2 aromatic carbocycles. The number of hydrogen-bond donors (Lipinski definition) is 0. The van der Waals surface area contributed by atoms with Crippen molar-refractivity contribution in [2.24, 2.45) is 4.99 Å². The molecule has 0 aromatic heterocycles. The average Bonchev–Trinajstić information content (AvgIpc) is 3.09. The number of rotatable bonds is 5. The Morgan fingerprint density at radius 1 is 1.23 bits per heavy atom. The lowest BCUT2D eigenvalue weighted by molar-refractivity contribution is -0.123. The highest BCUT2D eigenvalue weighted by molar-refractivity contribution is 6.30. The van der Waals surface area contributed by atoms with E-state index in [2.05, 4.69) is 4.99 Å². The fourth-order valence-corrected chi connectivity index (χ4v) is 3.22. The van der Waals surface area contributed by atoms with E-state index in [-0.39, 0.29) is 19.0 Å². The van der Waals surface area contributed by atoms with Gasteiger partial charge >= 0.3 is 0 Å². The third-order valence-corrected chi connectivity index (χ3v) is 4.77. The first-order valence-corrected chi connectivity index (χ1v) is 8.89. The van der Waals surface area contributed by atoms with Gasteiger partial charge in [-0.25, -0.2) is 0 Å². The second kappa shape index (κ2) is 7.00. The molecule has 2 aromatic rings. The molecule has 0 bridgehead atoms. The number of Topliss-reactive ketones (excluding diaryl/α,β-unsaturated/α-hetero) is 1. The highest BCUT2D eigenvalue weighted by Gasteiger charge is 2.25. The van der Waals surface area contributed by atoms with E-state index in [4.69, 9.17) is 25.8 Å². The maximum Gasteiger partial charge on any atom is 0.231 e. The first kappa shape index (κ1) is 16.9. The van der Waals surface area contributed by atoms with Crippen LogP contribution in [0.1, 0.15) is 24.5 Å². The minimum absolute atomic E-state index is 0.0239. The maximum atomic E-state index is 12.6. The summed E-state index contributed by atoms with van der Waals surface area (Å²) >= 11 is 5.87. The molecular formula is C20H18ClNO4. The fourth-order valence-electron chi connectivity index (χ4n) is 3.10. The van der Waals surface area contributed by atoms with Crippen molar-refractivity contribution in [2.75, 3.05) is 13.3 Å². The minimum Gasteiger partial charge on any atom is -0.483 e. The van der Waals surface area contributed by atoms with Crippen LogP contribution in [0.3, 0.4) is 0 Å². The van der Waals surface area contributed by atoms with Gasteiger partial charge in [0.25, 0.3) is 0 Å². The number of carbonyl (C=O) groups is 1. The van der Waals surface area contributed by atoms with Crippen LogP contribution in [0.5, 0.6) is 17.2 Å². The van der Waals surface area contributed by atoms with Crippen LogP contribution in [-0.4, -0.2) is 30.9 Å². The van der Waals surface area contributed by atoms with Gasteiger partial charge in [0.2, 0.25) is 6.79 Å². The smallest absolute Gasteiger partial charge is 0.231 e. The summed E-state index contributed by atoms with van der Waals surface area (Å²) in [6.07, 6.45) is 0.486. The highest BCUT2D eigenvalue weighted by Crippen LogP contribution is 2.36. The topological polar surface area (TPSA) is 57.1 Å². The van der Waals surface area contributed by atoms with E-state index >= 15 is 0 Å². The summed E-state index contributed by atoms with van der Waals surface area (Å²) in [6, 6.07) is 10.9. The number of aliphatic imine (C=N–C) groups is 1. The van der Waals surface area contributed by atoms with E-state index < -0.39 is 6.10 Å². The molecule has 2 heterocycles. The lowest BCUT2D eigenvalue weighted by Crippen LogP contribution is -2.27. The van der Waals surface area contributed by atoms with Crippen molar-refractivity contribution < 1.29 is 19.0 Å². The summed E-state index contributed by atoms with van der Waals surface area (Å²) in [5.74, 6) is 2.06. The van der Waals surface area contributed by atoms with E-state index in [0.29, 0.717) is 23.1 Å². The van der Waals surface area contributed by atoms with Gasteiger partial charge in [0.15, 0.2) is 23.4 Å². The van der Waals surface area contributed by atoms with Crippen LogP contribution < -0.4 is 14.2 Å². The standard InChI is InChI=1S/C20H18ClNO4/c1-12(26-15-4-2-14(21)3-5-15)18(23)10-17-16-9-20-19(24-11-25-20)8-13(16)6-7-22-17/h2-5,8-9,12H,6-7,10-11H2,1H3/t12-/m1/s1. The van der Waals surface area contributed by atoms with Gasteiger partial charge in [-0.15, -0.1) is 0 Å². The van der Waals surface area contributed by atoms with Crippen LogP contribution in [0.25, 0.3) is 0 Å². The summed E-state index contributed by atoms with van der Waals surface area (Å²) in [5, 5.41) is 0.628. The highest BCUT2D eigenvalue weighted by atomic mass is 35.5. The van der Waals surface area contributed by atoms with Crippen molar-refractivity contribution in [2.45, 2.75) is 25.9 Å². The molecule has 0 saturated heterocycles. The van der Waals surface area contributed by atoms with Crippen LogP contribution in [0.4, 0.5) is 0 Å². The van der Waals surface area contributed by atoms with Gasteiger partial charge in [-0.2, -0.15) is 0 Å². The zero-order valence-electron chi connectivity index (χ0n) is 14.3. The summed E-state index contributed by atoms with van der Waals surface area (Å²) in [5.41, 5.74) is 2.88. The molecule has 0 aliphatic carbocycles. The number of halogens is 1. The predicted molar refractivity (Wildman–Crippen MR) is 98.8 cm³/mol. The molecular weight excluding hydrogens is 354 g/mol. The lowest BCUT2D eigenvalue weighted by Gasteiger charge is -2.19. The van der Waals surface area contributed by atoms with Gasteiger partial charge in [0.05, 0.1) is 6.42 Å². The van der Waals surface area contributed by atoms with Crippen molar-refractivity contribution in [1.29, 1.82) is 0 Å². The van der Waals surface area contributed by atoms with E-state index in [1.165, 1.54) is 0 Å². The Kier molecular flexibility index (Phi) is 4.55. The van der Waals surface area contributed by atoms with E-state index in [0.717, 1.165) is 29.0 Å². The molecule has 26 heavy (non-hydrogen) atoms. The molecule has 0 radical (unpaired) electrons. The summed E-state index contributed by atoms with van der Waals surface area (Å²) < 4.78 is 16.6. The first-order valence-electron chi connectivity index (χ1n) is 8.51. The van der Waals surface area contributed by atoms with Gasteiger partial charge in [0.1, 0.15) is 5.75 Å². The van der Waals surface area contributed by atoms with Crippen molar-refractivity contribution in [3.63, 3.8) is 0 Å². The monoisotopic (exact) mass is 371 g/mol. The van der Waals surface area contributed by atoms with Crippen LogP contribution in [0.15, 0.2) is 41.4 Å². The number of ether oxygens (including phenoxy) is 3. The van der Waals surface area contributed by atoms with Crippen molar-refractivity contribution in [3.05, 3.63) is 52.5 Å². The van der Waals surface area contributed by atoms with Crippen LogP contribution in [0, 0.1) is 0 Å². The van der Waals surface area contributed by atoms with Crippen LogP contribution in [0.2, 0.25) is 5.02 Å². The number of benzene rings is 2. The molecule has 2 aliphatic heterocycles. The Morgan fingerprint density at radius 2 is 1.96 bits per heavy atom. The fraction of sp³-hybridized carbons (Fsp3) is 0.300. The van der Waals surface area contributed by atoms with Gasteiger partial charge in [-0.1, -0.05) is 11.6 Å². The Balaban J connectivity index is 1.48. The average molecular weight is 372 g/mol. The van der Waals surface area contributed by atoms with Crippen LogP contribution in [-0.2, 0) is 11.2 Å². The molecule has 0 amide bonds. The Hall–Kier alpha value is -2.53. The number of nitrogens with zero attached hydrogens (tertiary/aromatic N) is 1. The molecule has 134 valence electrons. The maximum absolute atomic E-state index is 12.6. The third-order valence-electron chi connectivity index (χ3n) is 4.51. The zero-order chi connectivity index (χ0) is 18.1. The molecule has 0 N–H and O–H groups in total. The van der Waals surface area contributed by atoms with Crippen molar-refractivity contribution in [1.82, 2.24) is 0 Å². The number of fused-ring (bicyclic) bond motifs is 2. The largest absolute Gasteiger partial charge is 0.483 e. The second-order valence-corrected chi connectivity index (χ2v) is 6.73. The number of carbonyl (C=O) groups excluding carboxylic acids is 1. The second-order valence-electron chi connectivity index (χ2n) is 6.30. The third kappa shape index (κ3) is 3.40. The molecule has 0 fully saturated rings. The molecule has 5 nitrogen and oxygen atoms in total. The molecule has 0 saturated carbocycles. The van der Waals surface area contributed by atoms with Gasteiger partial charge < -0.3 is 14.2 Å². The Morgan fingerprint density at radius 3 is 2.73 bits per heavy atom. The quantitative estimate of drug-likeness (QED) is 0.801. The number of hydrogen-bond acceptors (Lipinski definition) is 5. The molecule has 4 rings (SSSR count). The first-order chi connectivity index (χ1) is 12.6.